The Morgan fingerprint density at radius 1 is 1.07 bits per heavy atom. The lowest BCUT2D eigenvalue weighted by molar-refractivity contribution is 0.0638. The molecular formula is C19H20N4O2S2. The van der Waals surface area contributed by atoms with E-state index in [1.807, 2.05) is 46.7 Å². The number of carbonyl (C=O) groups excluding carboxylic acids is 2. The summed E-state index contributed by atoms with van der Waals surface area (Å²) in [6.45, 7) is 4.40. The molecule has 0 atom stereocenters. The second-order valence-corrected chi connectivity index (χ2v) is 8.33. The number of rotatable bonds is 5. The number of hydrogen-bond acceptors (Lipinski definition) is 6. The fraction of sp³-hybridized carbons (Fsp3) is 0.316. The summed E-state index contributed by atoms with van der Waals surface area (Å²) >= 11 is 2.90. The number of benzene rings is 1. The number of thiazole rings is 1. The maximum Gasteiger partial charge on any atom is 0.282 e. The Balaban J connectivity index is 1.25. The first kappa shape index (κ1) is 18.1. The molecule has 1 fully saturated rings. The van der Waals surface area contributed by atoms with Crippen LogP contribution in [0.1, 0.15) is 19.5 Å². The molecule has 0 radical (unpaired) electrons. The quantitative estimate of drug-likeness (QED) is 0.715. The van der Waals surface area contributed by atoms with Crippen molar-refractivity contribution >= 4 is 44.7 Å². The van der Waals surface area contributed by atoms with Gasteiger partial charge in [0.15, 0.2) is 5.01 Å². The van der Waals surface area contributed by atoms with Gasteiger partial charge in [-0.2, -0.15) is 0 Å². The average Bonchev–Trinajstić information content (AvgIpc) is 3.37. The number of nitrogens with one attached hydrogen (secondary N) is 1. The molecule has 4 rings (SSSR count). The van der Waals surface area contributed by atoms with E-state index in [9.17, 15) is 9.59 Å². The number of thiophene rings is 1. The second kappa shape index (κ2) is 8.16. The van der Waals surface area contributed by atoms with Crippen LogP contribution in [0.2, 0.25) is 0 Å². The van der Waals surface area contributed by atoms with Crippen LogP contribution in [-0.2, 0) is 0 Å². The van der Waals surface area contributed by atoms with E-state index in [0.29, 0.717) is 24.6 Å². The number of amides is 2. The molecule has 1 saturated heterocycles. The van der Waals surface area contributed by atoms with Crippen LogP contribution in [0.4, 0.5) is 0 Å². The van der Waals surface area contributed by atoms with Crippen molar-refractivity contribution in [1.82, 2.24) is 20.1 Å². The number of fused-ring (bicyclic) bond motifs is 1. The number of para-hydroxylation sites is 1. The molecule has 3 heterocycles. The molecule has 1 aliphatic rings. The highest BCUT2D eigenvalue weighted by Gasteiger charge is 2.24. The van der Waals surface area contributed by atoms with E-state index in [4.69, 9.17) is 0 Å². The van der Waals surface area contributed by atoms with E-state index < -0.39 is 0 Å². The third-order valence-corrected chi connectivity index (χ3v) is 6.49. The summed E-state index contributed by atoms with van der Waals surface area (Å²) in [6, 6.07) is 11.5. The van der Waals surface area contributed by atoms with Crippen molar-refractivity contribution in [3.05, 3.63) is 51.7 Å². The zero-order chi connectivity index (χ0) is 18.6. The van der Waals surface area contributed by atoms with E-state index >= 15 is 0 Å². The van der Waals surface area contributed by atoms with Gasteiger partial charge < -0.3 is 10.2 Å². The Bertz CT molecular complexity index is 897. The number of nitrogens with zero attached hydrogens (tertiary/aromatic N) is 3. The van der Waals surface area contributed by atoms with Crippen LogP contribution in [0.3, 0.4) is 0 Å². The molecule has 0 bridgehead atoms. The molecule has 3 aromatic rings. The Labute approximate surface area is 165 Å². The van der Waals surface area contributed by atoms with Crippen molar-refractivity contribution in [3.63, 3.8) is 0 Å². The van der Waals surface area contributed by atoms with Gasteiger partial charge in [-0.25, -0.2) is 4.98 Å². The first-order chi connectivity index (χ1) is 13.2. The number of carbonyl (C=O) groups is 2. The van der Waals surface area contributed by atoms with Crippen molar-refractivity contribution in [1.29, 1.82) is 0 Å². The molecule has 27 heavy (non-hydrogen) atoms. The Kier molecular flexibility index (Phi) is 5.47. The lowest BCUT2D eigenvalue weighted by Crippen LogP contribution is -2.50. The molecule has 2 amide bonds. The van der Waals surface area contributed by atoms with Gasteiger partial charge in [0.1, 0.15) is 0 Å². The second-order valence-electron chi connectivity index (χ2n) is 6.35. The molecule has 8 heteroatoms. The third-order valence-electron chi connectivity index (χ3n) is 4.59. The van der Waals surface area contributed by atoms with Gasteiger partial charge in [0.05, 0.1) is 15.1 Å². The number of piperazine rings is 1. The van der Waals surface area contributed by atoms with Gasteiger partial charge in [0, 0.05) is 39.3 Å². The molecule has 0 saturated carbocycles. The van der Waals surface area contributed by atoms with Gasteiger partial charge >= 0.3 is 0 Å². The topological polar surface area (TPSA) is 65.5 Å². The largest absolute Gasteiger partial charge is 0.350 e. The summed E-state index contributed by atoms with van der Waals surface area (Å²) < 4.78 is 1.04. The lowest BCUT2D eigenvalue weighted by atomic mass is 10.3. The minimum atomic E-state index is -0.0188. The molecule has 0 unspecified atom stereocenters. The van der Waals surface area contributed by atoms with Gasteiger partial charge in [-0.1, -0.05) is 18.2 Å². The first-order valence-corrected chi connectivity index (χ1v) is 10.6. The molecule has 1 aliphatic heterocycles. The smallest absolute Gasteiger partial charge is 0.282 e. The molecule has 6 nitrogen and oxygen atoms in total. The molecule has 2 aromatic heterocycles. The molecule has 1 N–H and O–H groups in total. The van der Waals surface area contributed by atoms with Crippen molar-refractivity contribution < 1.29 is 9.59 Å². The van der Waals surface area contributed by atoms with Crippen LogP contribution in [0.15, 0.2) is 41.8 Å². The summed E-state index contributed by atoms with van der Waals surface area (Å²) in [6.07, 6.45) is 0. The van der Waals surface area contributed by atoms with Crippen LogP contribution >= 0.6 is 22.7 Å². The predicted molar refractivity (Wildman–Crippen MR) is 109 cm³/mol. The maximum absolute atomic E-state index is 12.7. The van der Waals surface area contributed by atoms with Gasteiger partial charge in [-0.3, -0.25) is 14.5 Å². The van der Waals surface area contributed by atoms with E-state index in [2.05, 4.69) is 15.2 Å². The Morgan fingerprint density at radius 2 is 1.89 bits per heavy atom. The zero-order valence-corrected chi connectivity index (χ0v) is 16.4. The van der Waals surface area contributed by atoms with Gasteiger partial charge in [-0.15, -0.1) is 22.7 Å². The SMILES string of the molecule is O=C(NCCN1CCN(C(=O)c2nc3ccccc3s2)CC1)c1cccs1. The number of aromatic nitrogens is 1. The highest BCUT2D eigenvalue weighted by Crippen LogP contribution is 2.23. The van der Waals surface area contributed by atoms with Crippen molar-refractivity contribution in [2.75, 3.05) is 39.3 Å². The van der Waals surface area contributed by atoms with Crippen molar-refractivity contribution in [2.45, 2.75) is 0 Å². The monoisotopic (exact) mass is 400 g/mol. The Hall–Kier alpha value is -2.29. The summed E-state index contributed by atoms with van der Waals surface area (Å²) in [5, 5.41) is 5.41. The number of hydrogen-bond donors (Lipinski definition) is 1. The highest BCUT2D eigenvalue weighted by atomic mass is 32.1. The van der Waals surface area contributed by atoms with E-state index in [1.165, 1.54) is 22.7 Å². The van der Waals surface area contributed by atoms with E-state index in [-0.39, 0.29) is 11.8 Å². The fourth-order valence-corrected chi connectivity index (χ4v) is 4.67. The van der Waals surface area contributed by atoms with Crippen LogP contribution < -0.4 is 5.32 Å². The van der Waals surface area contributed by atoms with Crippen LogP contribution in [-0.4, -0.2) is 65.9 Å². The highest BCUT2D eigenvalue weighted by molar-refractivity contribution is 7.20. The minimum Gasteiger partial charge on any atom is -0.350 e. The van der Waals surface area contributed by atoms with Crippen LogP contribution in [0.25, 0.3) is 10.2 Å². The van der Waals surface area contributed by atoms with Crippen LogP contribution in [0.5, 0.6) is 0 Å². The molecule has 1 aromatic carbocycles. The molecular weight excluding hydrogens is 380 g/mol. The average molecular weight is 401 g/mol. The van der Waals surface area contributed by atoms with E-state index in [0.717, 1.165) is 34.7 Å². The maximum atomic E-state index is 12.7. The van der Waals surface area contributed by atoms with E-state index in [1.54, 1.807) is 0 Å². The van der Waals surface area contributed by atoms with Gasteiger partial charge in [-0.05, 0) is 23.6 Å². The Morgan fingerprint density at radius 3 is 2.63 bits per heavy atom. The summed E-state index contributed by atoms with van der Waals surface area (Å²) in [7, 11) is 0. The predicted octanol–water partition coefficient (Wildman–Crippen LogP) is 2.55. The molecule has 140 valence electrons. The van der Waals surface area contributed by atoms with Gasteiger partial charge in [0.2, 0.25) is 0 Å². The van der Waals surface area contributed by atoms with Crippen molar-refractivity contribution in [3.8, 4) is 0 Å². The van der Waals surface area contributed by atoms with Crippen LogP contribution in [0, 0.1) is 0 Å². The first-order valence-electron chi connectivity index (χ1n) is 8.89. The lowest BCUT2D eigenvalue weighted by Gasteiger charge is -2.34. The summed E-state index contributed by atoms with van der Waals surface area (Å²) in [5.41, 5.74) is 0.881. The summed E-state index contributed by atoms with van der Waals surface area (Å²) in [4.78, 5) is 34.0. The van der Waals surface area contributed by atoms with Crippen molar-refractivity contribution in [2.24, 2.45) is 0 Å². The normalized spacial score (nSPS) is 15.2. The summed E-state index contributed by atoms with van der Waals surface area (Å²) in [5.74, 6) is -0.00324. The third kappa shape index (κ3) is 4.18. The minimum absolute atomic E-state index is 0.0156. The standard InChI is InChI=1S/C19H20N4O2S2/c24-17(16-6-3-13-26-16)20-7-8-22-9-11-23(12-10-22)19(25)18-21-14-4-1-2-5-15(14)27-18/h1-6,13H,7-12H2,(H,20,24). The molecule has 0 spiro atoms. The fourth-order valence-electron chi connectivity index (χ4n) is 3.10. The molecule has 0 aliphatic carbocycles. The van der Waals surface area contributed by atoms with Gasteiger partial charge in [0.25, 0.3) is 11.8 Å². The zero-order valence-electron chi connectivity index (χ0n) is 14.8.